The van der Waals surface area contributed by atoms with Gasteiger partial charge in [-0.05, 0) is 39.0 Å². The molecular formula is C22H24F3N5O3. The fourth-order valence-electron chi connectivity index (χ4n) is 3.55. The predicted octanol–water partition coefficient (Wildman–Crippen LogP) is 4.37. The number of hydrogen-bond acceptors (Lipinski definition) is 6. The molecule has 1 fully saturated rings. The number of alkyl halides is 3. The lowest BCUT2D eigenvalue weighted by Crippen LogP contribution is -2.36. The van der Waals surface area contributed by atoms with E-state index in [2.05, 4.69) is 20.0 Å². The van der Waals surface area contributed by atoms with Gasteiger partial charge in [0.2, 0.25) is 0 Å². The van der Waals surface area contributed by atoms with Crippen molar-refractivity contribution in [2.45, 2.75) is 45.2 Å². The van der Waals surface area contributed by atoms with Crippen LogP contribution in [0.5, 0.6) is 5.75 Å². The van der Waals surface area contributed by atoms with Crippen molar-refractivity contribution in [2.75, 3.05) is 18.4 Å². The van der Waals surface area contributed by atoms with Crippen molar-refractivity contribution >= 4 is 17.6 Å². The molecule has 0 radical (unpaired) electrons. The van der Waals surface area contributed by atoms with Gasteiger partial charge in [0.15, 0.2) is 0 Å². The van der Waals surface area contributed by atoms with Gasteiger partial charge >= 0.3 is 12.7 Å². The first kappa shape index (κ1) is 22.7. The molecule has 1 saturated heterocycles. The van der Waals surface area contributed by atoms with Crippen LogP contribution >= 0.6 is 0 Å². The van der Waals surface area contributed by atoms with E-state index < -0.39 is 30.5 Å². The molecule has 0 unspecified atom stereocenters. The number of aromatic nitrogens is 3. The summed E-state index contributed by atoms with van der Waals surface area (Å²) < 4.78 is 50.9. The number of hydrogen-bond donors (Lipinski definition) is 1. The maximum Gasteiger partial charge on any atom is 0.410 e. The van der Waals surface area contributed by atoms with Crippen LogP contribution < -0.4 is 10.1 Å². The van der Waals surface area contributed by atoms with Crippen LogP contribution in [0.15, 0.2) is 42.7 Å². The number of imidazole rings is 1. The zero-order valence-electron chi connectivity index (χ0n) is 18.3. The van der Waals surface area contributed by atoms with Gasteiger partial charge in [-0.1, -0.05) is 6.07 Å². The molecule has 1 aliphatic rings. The number of carbonyl (C=O) groups is 1. The Morgan fingerprint density at radius 3 is 2.76 bits per heavy atom. The molecule has 11 heteroatoms. The average molecular weight is 463 g/mol. The monoisotopic (exact) mass is 463 g/mol. The third-order valence-corrected chi connectivity index (χ3v) is 4.95. The van der Waals surface area contributed by atoms with Crippen molar-refractivity contribution in [3.63, 3.8) is 0 Å². The number of amides is 1. The highest BCUT2D eigenvalue weighted by Gasteiger charge is 2.37. The van der Waals surface area contributed by atoms with Gasteiger partial charge in [-0.25, -0.2) is 19.2 Å². The fraction of sp³-hybridized carbons (Fsp3) is 0.409. The van der Waals surface area contributed by atoms with E-state index in [1.165, 1.54) is 17.0 Å². The number of pyridine rings is 2. The number of nitrogens with one attached hydrogen (secondary N) is 1. The SMILES string of the molecule is CC(C)(C)OC(=O)N1C[C@H](Nc2cccc(-c3cnc4cc(OC(F)F)ccn34)n2)[C@@H](F)C1. The second kappa shape index (κ2) is 8.80. The molecule has 3 aromatic heterocycles. The largest absolute Gasteiger partial charge is 0.444 e. The molecular weight excluding hydrogens is 439 g/mol. The van der Waals surface area contributed by atoms with Gasteiger partial charge in [-0.3, -0.25) is 4.40 Å². The van der Waals surface area contributed by atoms with E-state index in [9.17, 15) is 18.0 Å². The number of fused-ring (bicyclic) bond motifs is 1. The van der Waals surface area contributed by atoms with E-state index >= 15 is 0 Å². The lowest BCUT2D eigenvalue weighted by molar-refractivity contribution is -0.0498. The minimum atomic E-state index is -2.92. The van der Waals surface area contributed by atoms with Gasteiger partial charge in [0.25, 0.3) is 0 Å². The lowest BCUT2D eigenvalue weighted by Gasteiger charge is -2.24. The number of ether oxygens (including phenoxy) is 2. The summed E-state index contributed by atoms with van der Waals surface area (Å²) >= 11 is 0. The van der Waals surface area contributed by atoms with Crippen molar-refractivity contribution in [3.05, 3.63) is 42.7 Å². The molecule has 1 aliphatic heterocycles. The standard InChI is InChI=1S/C22H24F3N5O3/c1-22(2,3)33-21(31)29-11-14(23)16(12-29)28-18-6-4-5-15(27-18)17-10-26-19-9-13(32-20(24)25)7-8-30(17)19/h4-10,14,16,20H,11-12H2,1-3H3,(H,27,28)/t14-,16-/m0/s1. The highest BCUT2D eigenvalue weighted by atomic mass is 19.3. The van der Waals surface area contributed by atoms with Gasteiger partial charge in [-0.15, -0.1) is 0 Å². The van der Waals surface area contributed by atoms with Crippen molar-refractivity contribution in [1.29, 1.82) is 0 Å². The Bertz CT molecular complexity index is 1150. The van der Waals surface area contributed by atoms with Crippen LogP contribution in [0.1, 0.15) is 20.8 Å². The minimum Gasteiger partial charge on any atom is -0.444 e. The van der Waals surface area contributed by atoms with Crippen LogP contribution in [0.25, 0.3) is 17.0 Å². The second-order valence-corrected chi connectivity index (χ2v) is 8.67. The molecule has 8 nitrogen and oxygen atoms in total. The van der Waals surface area contributed by atoms with Crippen LogP contribution in [-0.4, -0.2) is 62.9 Å². The van der Waals surface area contributed by atoms with E-state index in [1.54, 1.807) is 55.8 Å². The van der Waals surface area contributed by atoms with E-state index in [1.807, 2.05) is 0 Å². The second-order valence-electron chi connectivity index (χ2n) is 8.67. The van der Waals surface area contributed by atoms with Crippen LogP contribution in [0, 0.1) is 0 Å². The van der Waals surface area contributed by atoms with Crippen molar-refractivity contribution < 1.29 is 27.4 Å². The summed E-state index contributed by atoms with van der Waals surface area (Å²) in [5, 5.41) is 3.05. The number of halogens is 3. The Balaban J connectivity index is 1.49. The molecule has 3 aromatic rings. The summed E-state index contributed by atoms with van der Waals surface area (Å²) in [6, 6.07) is 7.37. The van der Waals surface area contributed by atoms with E-state index in [0.29, 0.717) is 22.9 Å². The number of carbonyl (C=O) groups excluding carboxylic acids is 1. The smallest absolute Gasteiger partial charge is 0.410 e. The minimum absolute atomic E-state index is 0.00258. The zero-order valence-corrected chi connectivity index (χ0v) is 18.3. The summed E-state index contributed by atoms with van der Waals surface area (Å²) in [5.74, 6) is 0.432. The first-order chi connectivity index (χ1) is 15.6. The lowest BCUT2D eigenvalue weighted by atomic mass is 10.2. The Hall–Kier alpha value is -3.50. The molecule has 2 atom stereocenters. The number of nitrogens with zero attached hydrogens (tertiary/aromatic N) is 4. The predicted molar refractivity (Wildman–Crippen MR) is 115 cm³/mol. The van der Waals surface area contributed by atoms with Gasteiger partial charge < -0.3 is 19.7 Å². The third-order valence-electron chi connectivity index (χ3n) is 4.95. The summed E-state index contributed by atoms with van der Waals surface area (Å²) in [6.07, 6.45) is 1.28. The normalized spacial score (nSPS) is 18.7. The molecule has 0 bridgehead atoms. The van der Waals surface area contributed by atoms with Crippen LogP contribution in [-0.2, 0) is 4.74 Å². The molecule has 4 heterocycles. The van der Waals surface area contributed by atoms with E-state index in [4.69, 9.17) is 4.74 Å². The first-order valence-corrected chi connectivity index (χ1v) is 10.4. The molecule has 1 amide bonds. The maximum atomic E-state index is 14.6. The van der Waals surface area contributed by atoms with Crippen molar-refractivity contribution in [3.8, 4) is 17.1 Å². The highest BCUT2D eigenvalue weighted by molar-refractivity contribution is 5.69. The van der Waals surface area contributed by atoms with Crippen LogP contribution in [0.4, 0.5) is 23.8 Å². The topological polar surface area (TPSA) is 81.0 Å². The van der Waals surface area contributed by atoms with Crippen LogP contribution in [0.3, 0.4) is 0 Å². The van der Waals surface area contributed by atoms with E-state index in [0.717, 1.165) is 0 Å². The molecule has 0 aromatic carbocycles. The number of rotatable bonds is 5. The van der Waals surface area contributed by atoms with Crippen LogP contribution in [0.2, 0.25) is 0 Å². The molecule has 0 spiro atoms. The number of anilines is 1. The molecule has 0 saturated carbocycles. The van der Waals surface area contributed by atoms with Gasteiger partial charge in [-0.2, -0.15) is 8.78 Å². The van der Waals surface area contributed by atoms with E-state index in [-0.39, 0.29) is 18.8 Å². The Morgan fingerprint density at radius 2 is 2.03 bits per heavy atom. The summed E-state index contributed by atoms with van der Waals surface area (Å²) in [6.45, 7) is 2.42. The zero-order chi connectivity index (χ0) is 23.8. The van der Waals surface area contributed by atoms with Gasteiger partial charge in [0, 0.05) is 18.8 Å². The van der Waals surface area contributed by atoms with Crippen molar-refractivity contribution in [1.82, 2.24) is 19.3 Å². The molecule has 33 heavy (non-hydrogen) atoms. The summed E-state index contributed by atoms with van der Waals surface area (Å²) in [4.78, 5) is 22.4. The maximum absolute atomic E-state index is 14.6. The Morgan fingerprint density at radius 1 is 1.24 bits per heavy atom. The quantitative estimate of drug-likeness (QED) is 0.605. The van der Waals surface area contributed by atoms with Gasteiger partial charge in [0.1, 0.15) is 29.0 Å². The summed E-state index contributed by atoms with van der Waals surface area (Å²) in [5.41, 5.74) is 0.921. The third kappa shape index (κ3) is 5.29. The first-order valence-electron chi connectivity index (χ1n) is 10.4. The molecule has 176 valence electrons. The molecule has 1 N–H and O–H groups in total. The molecule has 0 aliphatic carbocycles. The fourth-order valence-corrected chi connectivity index (χ4v) is 3.55. The Kier molecular flexibility index (Phi) is 6.05. The average Bonchev–Trinajstić information content (AvgIpc) is 3.30. The van der Waals surface area contributed by atoms with Crippen molar-refractivity contribution in [2.24, 2.45) is 0 Å². The van der Waals surface area contributed by atoms with Gasteiger partial charge in [0.05, 0.1) is 30.2 Å². The Labute approximate surface area is 188 Å². The number of likely N-dealkylation sites (tertiary alicyclic amines) is 1. The molecule has 4 rings (SSSR count). The summed E-state index contributed by atoms with van der Waals surface area (Å²) in [7, 11) is 0. The highest BCUT2D eigenvalue weighted by Crippen LogP contribution is 2.25.